The van der Waals surface area contributed by atoms with Crippen molar-refractivity contribution in [2.75, 3.05) is 13.7 Å². The Kier molecular flexibility index (Phi) is 3.86. The van der Waals surface area contributed by atoms with E-state index in [0.29, 0.717) is 24.2 Å². The molecule has 0 fully saturated rings. The summed E-state index contributed by atoms with van der Waals surface area (Å²) in [5.74, 6) is 0.673. The molecular formula is C16H16N2O2S. The molecule has 0 unspecified atom stereocenters. The fourth-order valence-corrected chi connectivity index (χ4v) is 3.22. The minimum atomic E-state index is -0.0806. The number of aromatic nitrogens is 2. The first-order valence-electron chi connectivity index (χ1n) is 6.75. The number of nitrogens with zero attached hydrogens (tertiary/aromatic N) is 1. The number of benzene rings is 1. The third-order valence-electron chi connectivity index (χ3n) is 3.40. The number of ether oxygens (including phenoxy) is 1. The van der Waals surface area contributed by atoms with E-state index in [1.165, 1.54) is 16.9 Å². The van der Waals surface area contributed by atoms with Gasteiger partial charge in [0.1, 0.15) is 10.7 Å². The van der Waals surface area contributed by atoms with Crippen LogP contribution in [0.4, 0.5) is 0 Å². The molecule has 0 radical (unpaired) electrons. The van der Waals surface area contributed by atoms with Crippen LogP contribution in [0.5, 0.6) is 0 Å². The average molecular weight is 300 g/mol. The standard InChI is InChI=1S/C16H16N2O2S/c1-10-3-5-11(6-4-10)12-9-21-16-14(12)15(19)17-13(18-16)7-8-20-2/h3-6,9H,7-8H2,1-2H3,(H,17,18,19). The summed E-state index contributed by atoms with van der Waals surface area (Å²) in [4.78, 5) is 20.5. The lowest BCUT2D eigenvalue weighted by Gasteiger charge is -2.02. The highest BCUT2D eigenvalue weighted by atomic mass is 32.1. The Hall–Kier alpha value is -1.98. The Balaban J connectivity index is 2.10. The maximum Gasteiger partial charge on any atom is 0.260 e. The average Bonchev–Trinajstić information content (AvgIpc) is 2.90. The van der Waals surface area contributed by atoms with Crippen LogP contribution in [0, 0.1) is 6.92 Å². The summed E-state index contributed by atoms with van der Waals surface area (Å²) < 4.78 is 5.02. The van der Waals surface area contributed by atoms with Crippen molar-refractivity contribution in [1.29, 1.82) is 0 Å². The number of methoxy groups -OCH3 is 1. The molecular weight excluding hydrogens is 284 g/mol. The number of thiophene rings is 1. The molecule has 0 aliphatic rings. The first kappa shape index (κ1) is 14.0. The predicted octanol–water partition coefficient (Wildman–Crippen LogP) is 3.15. The summed E-state index contributed by atoms with van der Waals surface area (Å²) in [5.41, 5.74) is 3.11. The second-order valence-corrected chi connectivity index (χ2v) is 5.81. The summed E-state index contributed by atoms with van der Waals surface area (Å²) in [5, 5.41) is 2.67. The van der Waals surface area contributed by atoms with Gasteiger partial charge in [-0.05, 0) is 12.5 Å². The number of H-pyrrole nitrogens is 1. The molecule has 0 bridgehead atoms. The van der Waals surface area contributed by atoms with Crippen LogP contribution < -0.4 is 5.56 Å². The molecule has 0 saturated carbocycles. The highest BCUT2D eigenvalue weighted by molar-refractivity contribution is 7.17. The molecule has 0 aliphatic heterocycles. The smallest absolute Gasteiger partial charge is 0.260 e. The number of aromatic amines is 1. The van der Waals surface area contributed by atoms with Gasteiger partial charge in [-0.2, -0.15) is 0 Å². The molecule has 2 aromatic heterocycles. The topological polar surface area (TPSA) is 55.0 Å². The van der Waals surface area contributed by atoms with Gasteiger partial charge in [0.25, 0.3) is 5.56 Å². The van der Waals surface area contributed by atoms with E-state index in [-0.39, 0.29) is 5.56 Å². The van der Waals surface area contributed by atoms with Crippen LogP contribution in [0.15, 0.2) is 34.4 Å². The van der Waals surface area contributed by atoms with E-state index in [1.54, 1.807) is 7.11 Å². The first-order valence-corrected chi connectivity index (χ1v) is 7.63. The fraction of sp³-hybridized carbons (Fsp3) is 0.250. The van der Waals surface area contributed by atoms with Gasteiger partial charge in [0.05, 0.1) is 12.0 Å². The molecule has 0 amide bonds. The summed E-state index contributed by atoms with van der Waals surface area (Å²) in [7, 11) is 1.64. The monoisotopic (exact) mass is 300 g/mol. The van der Waals surface area contributed by atoms with E-state index in [9.17, 15) is 4.79 Å². The van der Waals surface area contributed by atoms with Crippen molar-refractivity contribution in [2.24, 2.45) is 0 Å². The van der Waals surface area contributed by atoms with Crippen LogP contribution in [0.25, 0.3) is 21.3 Å². The Labute approximate surface area is 126 Å². The lowest BCUT2D eigenvalue weighted by molar-refractivity contribution is 0.200. The zero-order valence-electron chi connectivity index (χ0n) is 12.0. The Morgan fingerprint density at radius 3 is 2.76 bits per heavy atom. The Morgan fingerprint density at radius 1 is 1.29 bits per heavy atom. The van der Waals surface area contributed by atoms with Gasteiger partial charge in [0, 0.05) is 24.5 Å². The van der Waals surface area contributed by atoms with Gasteiger partial charge in [0.15, 0.2) is 0 Å². The van der Waals surface area contributed by atoms with Crippen molar-refractivity contribution < 1.29 is 4.74 Å². The van der Waals surface area contributed by atoms with E-state index in [1.807, 2.05) is 36.6 Å². The van der Waals surface area contributed by atoms with Crippen molar-refractivity contribution in [3.05, 3.63) is 51.4 Å². The van der Waals surface area contributed by atoms with E-state index in [2.05, 4.69) is 9.97 Å². The number of aryl methyl sites for hydroxylation is 1. The van der Waals surface area contributed by atoms with E-state index < -0.39 is 0 Å². The quantitative estimate of drug-likeness (QED) is 0.805. The van der Waals surface area contributed by atoms with Crippen LogP contribution in [-0.2, 0) is 11.2 Å². The fourth-order valence-electron chi connectivity index (χ4n) is 2.26. The van der Waals surface area contributed by atoms with Gasteiger partial charge in [-0.15, -0.1) is 11.3 Å². The number of rotatable bonds is 4. The number of nitrogens with one attached hydrogen (secondary N) is 1. The van der Waals surface area contributed by atoms with Gasteiger partial charge in [0.2, 0.25) is 0 Å². The molecule has 0 saturated heterocycles. The molecule has 0 atom stereocenters. The highest BCUT2D eigenvalue weighted by Gasteiger charge is 2.12. The molecule has 108 valence electrons. The van der Waals surface area contributed by atoms with Gasteiger partial charge in [-0.1, -0.05) is 29.8 Å². The molecule has 4 nitrogen and oxygen atoms in total. The van der Waals surface area contributed by atoms with Crippen molar-refractivity contribution in [1.82, 2.24) is 9.97 Å². The first-order chi connectivity index (χ1) is 10.2. The lowest BCUT2D eigenvalue weighted by Crippen LogP contribution is -2.12. The maximum atomic E-state index is 12.4. The molecule has 21 heavy (non-hydrogen) atoms. The van der Waals surface area contributed by atoms with Gasteiger partial charge < -0.3 is 9.72 Å². The second-order valence-electron chi connectivity index (χ2n) is 4.95. The normalized spacial score (nSPS) is 11.1. The summed E-state index contributed by atoms with van der Waals surface area (Å²) in [6.45, 7) is 2.59. The zero-order valence-corrected chi connectivity index (χ0v) is 12.8. The minimum Gasteiger partial charge on any atom is -0.384 e. The summed E-state index contributed by atoms with van der Waals surface area (Å²) >= 11 is 1.50. The Bertz CT molecular complexity index is 818. The third kappa shape index (κ3) is 2.75. The van der Waals surface area contributed by atoms with Gasteiger partial charge in [-0.3, -0.25) is 4.79 Å². The van der Waals surface area contributed by atoms with Crippen LogP contribution >= 0.6 is 11.3 Å². The summed E-state index contributed by atoms with van der Waals surface area (Å²) in [6.07, 6.45) is 0.611. The SMILES string of the molecule is COCCc1nc2scc(-c3ccc(C)cc3)c2c(=O)[nH]1. The molecule has 2 heterocycles. The van der Waals surface area contributed by atoms with Crippen LogP contribution in [0.3, 0.4) is 0 Å². The Morgan fingerprint density at radius 2 is 2.05 bits per heavy atom. The maximum absolute atomic E-state index is 12.4. The van der Waals surface area contributed by atoms with Crippen molar-refractivity contribution in [3.8, 4) is 11.1 Å². The van der Waals surface area contributed by atoms with Crippen LogP contribution in [-0.4, -0.2) is 23.7 Å². The van der Waals surface area contributed by atoms with Gasteiger partial charge >= 0.3 is 0 Å². The largest absolute Gasteiger partial charge is 0.384 e. The van der Waals surface area contributed by atoms with Crippen molar-refractivity contribution >= 4 is 21.6 Å². The molecule has 0 spiro atoms. The number of fused-ring (bicyclic) bond motifs is 1. The molecule has 1 N–H and O–H groups in total. The summed E-state index contributed by atoms with van der Waals surface area (Å²) in [6, 6.07) is 8.17. The van der Waals surface area contributed by atoms with Crippen molar-refractivity contribution in [3.63, 3.8) is 0 Å². The number of hydrogen-bond donors (Lipinski definition) is 1. The molecule has 0 aliphatic carbocycles. The van der Waals surface area contributed by atoms with E-state index in [0.717, 1.165) is 16.0 Å². The highest BCUT2D eigenvalue weighted by Crippen LogP contribution is 2.30. The predicted molar refractivity (Wildman–Crippen MR) is 86.0 cm³/mol. The van der Waals surface area contributed by atoms with E-state index in [4.69, 9.17) is 4.74 Å². The third-order valence-corrected chi connectivity index (χ3v) is 4.27. The van der Waals surface area contributed by atoms with Crippen LogP contribution in [0.1, 0.15) is 11.4 Å². The van der Waals surface area contributed by atoms with Crippen molar-refractivity contribution in [2.45, 2.75) is 13.3 Å². The second kappa shape index (κ2) is 5.79. The minimum absolute atomic E-state index is 0.0806. The number of hydrogen-bond acceptors (Lipinski definition) is 4. The molecule has 3 rings (SSSR count). The molecule has 5 heteroatoms. The van der Waals surface area contributed by atoms with E-state index >= 15 is 0 Å². The van der Waals surface area contributed by atoms with Gasteiger partial charge in [-0.25, -0.2) is 4.98 Å². The molecule has 1 aromatic carbocycles. The van der Waals surface area contributed by atoms with Crippen LogP contribution in [0.2, 0.25) is 0 Å². The zero-order chi connectivity index (χ0) is 14.8. The lowest BCUT2D eigenvalue weighted by atomic mass is 10.1. The molecule has 3 aromatic rings.